The Morgan fingerprint density at radius 2 is 1.96 bits per heavy atom. The first-order chi connectivity index (χ1) is 11.9. The maximum Gasteiger partial charge on any atom is 0.222 e. The molecule has 0 bridgehead atoms. The molecule has 3 rings (SSSR count). The SMILES string of the molecule is CC(C)c1cc(OCC2CCC2)c(I)cc1Oc1cnc(N)nc1N. The van der Waals surface area contributed by atoms with Crippen LogP contribution in [0.5, 0.6) is 17.2 Å². The normalized spacial score (nSPS) is 14.4. The van der Waals surface area contributed by atoms with Gasteiger partial charge < -0.3 is 20.9 Å². The number of ether oxygens (including phenoxy) is 2. The summed E-state index contributed by atoms with van der Waals surface area (Å²) in [6.07, 6.45) is 5.35. The van der Waals surface area contributed by atoms with Gasteiger partial charge >= 0.3 is 0 Å². The molecule has 2 aromatic rings. The predicted octanol–water partition coefficient (Wildman–Crippen LogP) is 4.34. The van der Waals surface area contributed by atoms with E-state index in [4.69, 9.17) is 20.9 Å². The molecule has 1 aromatic heterocycles. The van der Waals surface area contributed by atoms with Crippen molar-refractivity contribution in [2.75, 3.05) is 18.1 Å². The van der Waals surface area contributed by atoms with Crippen LogP contribution in [0.2, 0.25) is 0 Å². The van der Waals surface area contributed by atoms with Crippen LogP contribution in [0.3, 0.4) is 0 Å². The average Bonchev–Trinajstić information content (AvgIpc) is 2.50. The lowest BCUT2D eigenvalue weighted by Crippen LogP contribution is -2.19. The molecule has 134 valence electrons. The minimum absolute atomic E-state index is 0.128. The van der Waals surface area contributed by atoms with Gasteiger partial charge in [-0.2, -0.15) is 4.98 Å². The fourth-order valence-electron chi connectivity index (χ4n) is 2.66. The summed E-state index contributed by atoms with van der Waals surface area (Å²) in [6.45, 7) is 5.02. The highest BCUT2D eigenvalue weighted by Gasteiger charge is 2.20. The lowest BCUT2D eigenvalue weighted by molar-refractivity contribution is 0.179. The summed E-state index contributed by atoms with van der Waals surface area (Å²) < 4.78 is 13.0. The van der Waals surface area contributed by atoms with Crippen molar-refractivity contribution in [1.29, 1.82) is 0 Å². The van der Waals surface area contributed by atoms with Gasteiger partial charge in [0.05, 0.1) is 16.4 Å². The van der Waals surface area contributed by atoms with E-state index in [0.29, 0.717) is 11.7 Å². The molecule has 1 saturated carbocycles. The third-order valence-electron chi connectivity index (χ3n) is 4.41. The topological polar surface area (TPSA) is 96.3 Å². The molecule has 0 unspecified atom stereocenters. The molecular weight excluding hydrogens is 431 g/mol. The number of hydrogen-bond donors (Lipinski definition) is 2. The van der Waals surface area contributed by atoms with Crippen molar-refractivity contribution in [3.63, 3.8) is 0 Å². The molecule has 6 nitrogen and oxygen atoms in total. The molecule has 0 aliphatic heterocycles. The van der Waals surface area contributed by atoms with Crippen molar-refractivity contribution in [3.8, 4) is 17.2 Å². The number of halogens is 1. The number of nitrogens with two attached hydrogens (primary N) is 2. The molecule has 0 atom stereocenters. The largest absolute Gasteiger partial charge is 0.492 e. The first-order valence-corrected chi connectivity index (χ1v) is 9.54. The van der Waals surface area contributed by atoms with Gasteiger partial charge in [-0.3, -0.25) is 0 Å². The van der Waals surface area contributed by atoms with Crippen LogP contribution in [0.25, 0.3) is 0 Å². The molecule has 25 heavy (non-hydrogen) atoms. The number of hydrogen-bond acceptors (Lipinski definition) is 6. The van der Waals surface area contributed by atoms with Crippen LogP contribution in [-0.4, -0.2) is 16.6 Å². The molecular formula is C18H23IN4O2. The maximum absolute atomic E-state index is 6.05. The Morgan fingerprint density at radius 3 is 2.56 bits per heavy atom. The summed E-state index contributed by atoms with van der Waals surface area (Å²) >= 11 is 2.27. The number of nitrogens with zero attached hydrogens (tertiary/aromatic N) is 2. The van der Waals surface area contributed by atoms with E-state index in [0.717, 1.165) is 27.2 Å². The van der Waals surface area contributed by atoms with Crippen molar-refractivity contribution >= 4 is 34.4 Å². The van der Waals surface area contributed by atoms with E-state index >= 15 is 0 Å². The van der Waals surface area contributed by atoms with E-state index in [9.17, 15) is 0 Å². The second-order valence-corrected chi connectivity index (χ2v) is 7.83. The van der Waals surface area contributed by atoms with E-state index in [1.807, 2.05) is 6.07 Å². The van der Waals surface area contributed by atoms with Gasteiger partial charge in [-0.05, 0) is 59.4 Å². The lowest BCUT2D eigenvalue weighted by atomic mass is 9.86. The Kier molecular flexibility index (Phi) is 5.51. The number of benzene rings is 1. The summed E-state index contributed by atoms with van der Waals surface area (Å²) in [7, 11) is 0. The maximum atomic E-state index is 6.05. The molecule has 7 heteroatoms. The Labute approximate surface area is 161 Å². The lowest BCUT2D eigenvalue weighted by Gasteiger charge is -2.26. The fraction of sp³-hybridized carbons (Fsp3) is 0.444. The molecule has 4 N–H and O–H groups in total. The minimum atomic E-state index is 0.128. The molecule has 1 aliphatic carbocycles. The second-order valence-electron chi connectivity index (χ2n) is 6.66. The third-order valence-corrected chi connectivity index (χ3v) is 5.25. The molecule has 0 spiro atoms. The van der Waals surface area contributed by atoms with Crippen LogP contribution < -0.4 is 20.9 Å². The Hall–Kier alpha value is -1.77. The average molecular weight is 454 g/mol. The first kappa shape index (κ1) is 18.0. The van der Waals surface area contributed by atoms with Gasteiger partial charge in [-0.25, -0.2) is 4.98 Å². The van der Waals surface area contributed by atoms with Gasteiger partial charge in [0.2, 0.25) is 5.95 Å². The quantitative estimate of drug-likeness (QED) is 0.631. The molecule has 1 heterocycles. The zero-order chi connectivity index (χ0) is 18.0. The summed E-state index contributed by atoms with van der Waals surface area (Å²) in [5, 5.41) is 0. The number of rotatable bonds is 6. The van der Waals surface area contributed by atoms with Crippen LogP contribution >= 0.6 is 22.6 Å². The first-order valence-electron chi connectivity index (χ1n) is 8.46. The highest BCUT2D eigenvalue weighted by molar-refractivity contribution is 14.1. The molecule has 1 aliphatic rings. The molecule has 0 amide bonds. The number of nitrogen functional groups attached to an aromatic ring is 2. The summed E-state index contributed by atoms with van der Waals surface area (Å²) in [5.41, 5.74) is 12.5. The highest BCUT2D eigenvalue weighted by atomic mass is 127. The summed E-state index contributed by atoms with van der Waals surface area (Å²) in [5.74, 6) is 3.36. The molecule has 0 radical (unpaired) electrons. The van der Waals surface area contributed by atoms with Gasteiger partial charge in [-0.1, -0.05) is 20.3 Å². The smallest absolute Gasteiger partial charge is 0.222 e. The van der Waals surface area contributed by atoms with Crippen molar-refractivity contribution < 1.29 is 9.47 Å². The zero-order valence-corrected chi connectivity index (χ0v) is 16.6. The van der Waals surface area contributed by atoms with Gasteiger partial charge in [0.1, 0.15) is 11.5 Å². The molecule has 1 fully saturated rings. The van der Waals surface area contributed by atoms with Crippen LogP contribution in [-0.2, 0) is 0 Å². The van der Waals surface area contributed by atoms with Crippen molar-refractivity contribution in [2.45, 2.75) is 39.0 Å². The van der Waals surface area contributed by atoms with Crippen molar-refractivity contribution in [2.24, 2.45) is 5.92 Å². The highest BCUT2D eigenvalue weighted by Crippen LogP contribution is 2.38. The Morgan fingerprint density at radius 1 is 1.20 bits per heavy atom. The molecule has 1 aromatic carbocycles. The van der Waals surface area contributed by atoms with Gasteiger partial charge in [0, 0.05) is 5.56 Å². The van der Waals surface area contributed by atoms with E-state index in [1.165, 1.54) is 25.5 Å². The number of anilines is 2. The van der Waals surface area contributed by atoms with Crippen LogP contribution in [0.4, 0.5) is 11.8 Å². The van der Waals surface area contributed by atoms with Crippen molar-refractivity contribution in [3.05, 3.63) is 27.5 Å². The van der Waals surface area contributed by atoms with Crippen LogP contribution in [0.1, 0.15) is 44.6 Å². The fourth-order valence-corrected chi connectivity index (χ4v) is 3.26. The van der Waals surface area contributed by atoms with E-state index in [2.05, 4.69) is 52.5 Å². The van der Waals surface area contributed by atoms with Crippen molar-refractivity contribution in [1.82, 2.24) is 9.97 Å². The van der Waals surface area contributed by atoms with Gasteiger partial charge in [0.25, 0.3) is 0 Å². The van der Waals surface area contributed by atoms with Gasteiger partial charge in [-0.15, -0.1) is 0 Å². The predicted molar refractivity (Wildman–Crippen MR) is 107 cm³/mol. The van der Waals surface area contributed by atoms with Gasteiger partial charge in [0.15, 0.2) is 11.6 Å². The van der Waals surface area contributed by atoms with Crippen LogP contribution in [0, 0.1) is 9.49 Å². The Bertz CT molecular complexity index is 763. The minimum Gasteiger partial charge on any atom is -0.492 e. The van der Waals surface area contributed by atoms with E-state index in [-0.39, 0.29) is 17.7 Å². The summed E-state index contributed by atoms with van der Waals surface area (Å²) in [4.78, 5) is 7.89. The standard InChI is InChI=1S/C18H23IN4O2/c1-10(2)12-6-15(24-9-11-4-3-5-11)13(19)7-14(12)25-16-8-22-18(21)23-17(16)20/h6-8,10-11H,3-5,9H2,1-2H3,(H4,20,21,22,23). The monoisotopic (exact) mass is 454 g/mol. The zero-order valence-electron chi connectivity index (χ0n) is 14.5. The molecule has 0 saturated heterocycles. The van der Waals surface area contributed by atoms with E-state index < -0.39 is 0 Å². The second kappa shape index (κ2) is 7.63. The number of aromatic nitrogens is 2. The Balaban J connectivity index is 1.85. The summed E-state index contributed by atoms with van der Waals surface area (Å²) in [6, 6.07) is 4.04. The van der Waals surface area contributed by atoms with Crippen LogP contribution in [0.15, 0.2) is 18.3 Å². The van der Waals surface area contributed by atoms with E-state index in [1.54, 1.807) is 0 Å². The third kappa shape index (κ3) is 4.26.